The van der Waals surface area contributed by atoms with Gasteiger partial charge in [0.1, 0.15) is 11.9 Å². The molecule has 1 aromatic carbocycles. The standard InChI is InChI=1S/C20H29FN4O3/c1-2-22-20(23-14-17(26)15-5-7-16(21)8-6-15)25-11-9-24(10-12-25)19(27)18-4-3-13-28-18/h5-8,17-18,26H,2-4,9-14H2,1H3,(H,22,23). The Morgan fingerprint density at radius 3 is 2.57 bits per heavy atom. The average Bonchev–Trinajstić information content (AvgIpc) is 3.26. The zero-order valence-corrected chi connectivity index (χ0v) is 16.3. The average molecular weight is 392 g/mol. The van der Waals surface area contributed by atoms with Crippen LogP contribution in [0.2, 0.25) is 0 Å². The minimum Gasteiger partial charge on any atom is -0.386 e. The first-order valence-electron chi connectivity index (χ1n) is 9.95. The number of halogens is 1. The van der Waals surface area contributed by atoms with Crippen molar-refractivity contribution in [1.82, 2.24) is 15.1 Å². The highest BCUT2D eigenvalue weighted by molar-refractivity contribution is 5.82. The van der Waals surface area contributed by atoms with E-state index in [-0.39, 0.29) is 24.4 Å². The Kier molecular flexibility index (Phi) is 7.22. The number of amides is 1. The van der Waals surface area contributed by atoms with Gasteiger partial charge in [-0.05, 0) is 37.5 Å². The highest BCUT2D eigenvalue weighted by atomic mass is 19.1. The molecule has 2 heterocycles. The van der Waals surface area contributed by atoms with E-state index in [2.05, 4.69) is 15.2 Å². The van der Waals surface area contributed by atoms with E-state index >= 15 is 0 Å². The molecule has 2 unspecified atom stereocenters. The molecule has 0 radical (unpaired) electrons. The Morgan fingerprint density at radius 2 is 1.96 bits per heavy atom. The van der Waals surface area contributed by atoms with Crippen LogP contribution >= 0.6 is 0 Å². The van der Waals surface area contributed by atoms with Gasteiger partial charge in [0.25, 0.3) is 5.91 Å². The first-order valence-corrected chi connectivity index (χ1v) is 9.95. The molecule has 28 heavy (non-hydrogen) atoms. The summed E-state index contributed by atoms with van der Waals surface area (Å²) in [5, 5.41) is 13.6. The van der Waals surface area contributed by atoms with E-state index in [1.807, 2.05) is 11.8 Å². The smallest absolute Gasteiger partial charge is 0.251 e. The zero-order valence-electron chi connectivity index (χ0n) is 16.3. The van der Waals surface area contributed by atoms with Gasteiger partial charge in [0.05, 0.1) is 12.6 Å². The molecule has 1 amide bonds. The predicted octanol–water partition coefficient (Wildman–Crippen LogP) is 1.15. The van der Waals surface area contributed by atoms with Crippen molar-refractivity contribution in [3.05, 3.63) is 35.6 Å². The second-order valence-electron chi connectivity index (χ2n) is 7.08. The van der Waals surface area contributed by atoms with Crippen LogP contribution in [0.1, 0.15) is 31.4 Å². The molecular formula is C20H29FN4O3. The fourth-order valence-electron chi connectivity index (χ4n) is 3.50. The Balaban J connectivity index is 1.55. The topological polar surface area (TPSA) is 77.4 Å². The van der Waals surface area contributed by atoms with Crippen LogP contribution in [0.3, 0.4) is 0 Å². The maximum absolute atomic E-state index is 13.0. The van der Waals surface area contributed by atoms with Crippen molar-refractivity contribution >= 4 is 11.9 Å². The second kappa shape index (κ2) is 9.84. The summed E-state index contributed by atoms with van der Waals surface area (Å²) in [4.78, 5) is 21.0. The largest absolute Gasteiger partial charge is 0.386 e. The van der Waals surface area contributed by atoms with Crippen LogP contribution in [0.4, 0.5) is 4.39 Å². The summed E-state index contributed by atoms with van der Waals surface area (Å²) in [6, 6.07) is 5.80. The van der Waals surface area contributed by atoms with Gasteiger partial charge < -0.3 is 25.0 Å². The number of ether oxygens (including phenoxy) is 1. The van der Waals surface area contributed by atoms with Gasteiger partial charge in [0, 0.05) is 39.3 Å². The number of guanidine groups is 1. The maximum atomic E-state index is 13.0. The van der Waals surface area contributed by atoms with E-state index in [1.165, 1.54) is 12.1 Å². The van der Waals surface area contributed by atoms with E-state index in [0.29, 0.717) is 50.9 Å². The Hall–Kier alpha value is -2.19. The number of rotatable bonds is 5. The molecule has 0 aliphatic carbocycles. The Labute approximate surface area is 165 Å². The van der Waals surface area contributed by atoms with Crippen molar-refractivity contribution in [2.24, 2.45) is 4.99 Å². The van der Waals surface area contributed by atoms with Crippen LogP contribution in [-0.4, -0.2) is 78.8 Å². The van der Waals surface area contributed by atoms with Crippen LogP contribution in [0.25, 0.3) is 0 Å². The quantitative estimate of drug-likeness (QED) is 0.581. The van der Waals surface area contributed by atoms with Crippen LogP contribution < -0.4 is 5.32 Å². The number of aliphatic hydroxyl groups excluding tert-OH is 1. The number of aliphatic hydroxyl groups is 1. The molecule has 2 N–H and O–H groups in total. The van der Waals surface area contributed by atoms with Crippen LogP contribution in [0.5, 0.6) is 0 Å². The molecule has 2 aliphatic heterocycles. The summed E-state index contributed by atoms with van der Waals surface area (Å²) in [6.45, 7) is 6.16. The van der Waals surface area contributed by atoms with Gasteiger partial charge in [-0.25, -0.2) is 4.39 Å². The first-order chi connectivity index (χ1) is 13.6. The van der Waals surface area contributed by atoms with E-state index in [1.54, 1.807) is 12.1 Å². The molecule has 3 rings (SSSR count). The van der Waals surface area contributed by atoms with E-state index in [0.717, 1.165) is 12.8 Å². The number of aliphatic imine (C=N–C) groups is 1. The minimum absolute atomic E-state index is 0.0887. The van der Waals surface area contributed by atoms with Crippen molar-refractivity contribution in [3.63, 3.8) is 0 Å². The lowest BCUT2D eigenvalue weighted by molar-refractivity contribution is -0.142. The van der Waals surface area contributed by atoms with Crippen molar-refractivity contribution in [2.45, 2.75) is 32.0 Å². The molecule has 2 fully saturated rings. The first kappa shape index (κ1) is 20.5. The van der Waals surface area contributed by atoms with E-state index in [9.17, 15) is 14.3 Å². The van der Waals surface area contributed by atoms with Gasteiger partial charge in [-0.1, -0.05) is 12.1 Å². The van der Waals surface area contributed by atoms with Crippen LogP contribution in [0.15, 0.2) is 29.3 Å². The monoisotopic (exact) mass is 392 g/mol. The summed E-state index contributed by atoms with van der Waals surface area (Å²) in [5.74, 6) is 0.474. The van der Waals surface area contributed by atoms with Gasteiger partial charge in [0.2, 0.25) is 0 Å². The Bertz CT molecular complexity index is 669. The van der Waals surface area contributed by atoms with Gasteiger partial charge in [-0.3, -0.25) is 9.79 Å². The number of hydrogen-bond acceptors (Lipinski definition) is 4. The van der Waals surface area contributed by atoms with Crippen molar-refractivity contribution in [3.8, 4) is 0 Å². The molecule has 154 valence electrons. The summed E-state index contributed by atoms with van der Waals surface area (Å²) in [5.41, 5.74) is 0.632. The predicted molar refractivity (Wildman–Crippen MR) is 104 cm³/mol. The summed E-state index contributed by atoms with van der Waals surface area (Å²) >= 11 is 0. The number of nitrogens with zero attached hydrogens (tertiary/aromatic N) is 3. The third kappa shape index (κ3) is 5.20. The van der Waals surface area contributed by atoms with Crippen molar-refractivity contribution < 1.29 is 19.0 Å². The van der Waals surface area contributed by atoms with Gasteiger partial charge in [-0.15, -0.1) is 0 Å². The number of benzene rings is 1. The molecule has 0 aromatic heterocycles. The van der Waals surface area contributed by atoms with Crippen LogP contribution in [-0.2, 0) is 9.53 Å². The fraction of sp³-hybridized carbons (Fsp3) is 0.600. The lowest BCUT2D eigenvalue weighted by Gasteiger charge is -2.37. The number of nitrogens with one attached hydrogen (secondary N) is 1. The molecule has 7 nitrogen and oxygen atoms in total. The van der Waals surface area contributed by atoms with Crippen molar-refractivity contribution in [2.75, 3.05) is 45.9 Å². The third-order valence-corrected chi connectivity index (χ3v) is 5.10. The van der Waals surface area contributed by atoms with E-state index in [4.69, 9.17) is 4.74 Å². The summed E-state index contributed by atoms with van der Waals surface area (Å²) in [6.07, 6.45) is 0.685. The number of piperazine rings is 1. The lowest BCUT2D eigenvalue weighted by Crippen LogP contribution is -2.55. The lowest BCUT2D eigenvalue weighted by atomic mass is 10.1. The highest BCUT2D eigenvalue weighted by Crippen LogP contribution is 2.17. The summed E-state index contributed by atoms with van der Waals surface area (Å²) < 4.78 is 18.5. The van der Waals surface area contributed by atoms with E-state index < -0.39 is 6.10 Å². The number of carbonyl (C=O) groups is 1. The molecular weight excluding hydrogens is 363 g/mol. The van der Waals surface area contributed by atoms with Gasteiger partial charge in [0.15, 0.2) is 5.96 Å². The number of carbonyl (C=O) groups excluding carboxylic acids is 1. The molecule has 1 aromatic rings. The summed E-state index contributed by atoms with van der Waals surface area (Å²) in [7, 11) is 0. The molecule has 2 aliphatic rings. The molecule has 2 saturated heterocycles. The van der Waals surface area contributed by atoms with Crippen molar-refractivity contribution in [1.29, 1.82) is 0 Å². The zero-order chi connectivity index (χ0) is 19.9. The van der Waals surface area contributed by atoms with Gasteiger partial charge in [-0.2, -0.15) is 0 Å². The maximum Gasteiger partial charge on any atom is 0.251 e. The van der Waals surface area contributed by atoms with Crippen LogP contribution in [0, 0.1) is 5.82 Å². The molecule has 2 atom stereocenters. The molecule has 0 spiro atoms. The molecule has 8 heteroatoms. The SMILES string of the molecule is CCNC(=NCC(O)c1ccc(F)cc1)N1CCN(C(=O)C2CCCO2)CC1. The van der Waals surface area contributed by atoms with Gasteiger partial charge >= 0.3 is 0 Å². The molecule has 0 bridgehead atoms. The minimum atomic E-state index is -0.795. The fourth-order valence-corrected chi connectivity index (χ4v) is 3.50. The second-order valence-corrected chi connectivity index (χ2v) is 7.08. The number of hydrogen-bond donors (Lipinski definition) is 2. The molecule has 0 saturated carbocycles. The highest BCUT2D eigenvalue weighted by Gasteiger charge is 2.30. The Morgan fingerprint density at radius 1 is 1.29 bits per heavy atom. The third-order valence-electron chi connectivity index (χ3n) is 5.10. The normalized spacial score (nSPS) is 21.7.